The van der Waals surface area contributed by atoms with Gasteiger partial charge in [-0.2, -0.15) is 0 Å². The first-order chi connectivity index (χ1) is 9.13. The molecule has 102 valence electrons. The standard InChI is InChI=1S/C16H21NO2/c1-4-11-19-15-9-5-13(6-10-15)16(18)17(12(2)3)14-7-8-14/h4-6,9-10,12,14H,1,7-8,11H2,2-3H3. The van der Waals surface area contributed by atoms with Crippen LogP contribution >= 0.6 is 0 Å². The zero-order chi connectivity index (χ0) is 13.8. The van der Waals surface area contributed by atoms with Crippen LogP contribution in [-0.4, -0.2) is 29.5 Å². The second kappa shape index (κ2) is 5.91. The number of hydrogen-bond donors (Lipinski definition) is 0. The minimum Gasteiger partial charge on any atom is -0.490 e. The second-order valence-electron chi connectivity index (χ2n) is 5.16. The highest BCUT2D eigenvalue weighted by molar-refractivity contribution is 5.95. The van der Waals surface area contributed by atoms with Gasteiger partial charge in [-0.15, -0.1) is 0 Å². The maximum Gasteiger partial charge on any atom is 0.254 e. The first-order valence-corrected chi connectivity index (χ1v) is 6.80. The fourth-order valence-electron chi connectivity index (χ4n) is 2.17. The molecule has 0 radical (unpaired) electrons. The van der Waals surface area contributed by atoms with Crippen LogP contribution in [0.3, 0.4) is 0 Å². The number of hydrogen-bond acceptors (Lipinski definition) is 2. The summed E-state index contributed by atoms with van der Waals surface area (Å²) in [7, 11) is 0. The summed E-state index contributed by atoms with van der Waals surface area (Å²) in [5.74, 6) is 0.881. The molecular formula is C16H21NO2. The Balaban J connectivity index is 2.07. The average molecular weight is 259 g/mol. The van der Waals surface area contributed by atoms with Crippen LogP contribution in [0.15, 0.2) is 36.9 Å². The summed E-state index contributed by atoms with van der Waals surface area (Å²) < 4.78 is 5.41. The maximum atomic E-state index is 12.5. The lowest BCUT2D eigenvalue weighted by Crippen LogP contribution is -2.38. The van der Waals surface area contributed by atoms with Crippen LogP contribution in [0.2, 0.25) is 0 Å². The predicted octanol–water partition coefficient (Wildman–Crippen LogP) is 3.26. The van der Waals surface area contributed by atoms with E-state index in [1.807, 2.05) is 29.2 Å². The summed E-state index contributed by atoms with van der Waals surface area (Å²) in [5.41, 5.74) is 0.728. The van der Waals surface area contributed by atoms with Crippen molar-refractivity contribution in [3.05, 3.63) is 42.5 Å². The van der Waals surface area contributed by atoms with Crippen molar-refractivity contribution in [3.8, 4) is 5.75 Å². The Hall–Kier alpha value is -1.77. The van der Waals surface area contributed by atoms with E-state index in [0.717, 1.165) is 24.2 Å². The van der Waals surface area contributed by atoms with E-state index in [1.54, 1.807) is 6.08 Å². The molecule has 0 aliphatic heterocycles. The summed E-state index contributed by atoms with van der Waals surface area (Å²) >= 11 is 0. The minimum absolute atomic E-state index is 0.118. The third kappa shape index (κ3) is 3.37. The molecule has 0 aromatic heterocycles. The highest BCUT2D eigenvalue weighted by Gasteiger charge is 2.34. The summed E-state index contributed by atoms with van der Waals surface area (Å²) in [6.45, 7) is 8.22. The lowest BCUT2D eigenvalue weighted by atomic mass is 10.1. The monoisotopic (exact) mass is 259 g/mol. The van der Waals surface area contributed by atoms with Gasteiger partial charge in [0.25, 0.3) is 5.91 Å². The Bertz CT molecular complexity index is 444. The summed E-state index contributed by atoms with van der Waals surface area (Å²) in [6, 6.07) is 8.02. The number of ether oxygens (including phenoxy) is 1. The summed E-state index contributed by atoms with van der Waals surface area (Å²) in [6.07, 6.45) is 3.96. The van der Waals surface area contributed by atoms with Gasteiger partial charge in [-0.1, -0.05) is 12.7 Å². The average Bonchev–Trinajstić information content (AvgIpc) is 3.21. The quantitative estimate of drug-likeness (QED) is 0.734. The van der Waals surface area contributed by atoms with E-state index in [2.05, 4.69) is 20.4 Å². The minimum atomic E-state index is 0.118. The molecule has 0 heterocycles. The molecule has 1 aliphatic carbocycles. The fourth-order valence-corrected chi connectivity index (χ4v) is 2.17. The Morgan fingerprint density at radius 3 is 2.53 bits per heavy atom. The van der Waals surface area contributed by atoms with Gasteiger partial charge < -0.3 is 9.64 Å². The lowest BCUT2D eigenvalue weighted by molar-refractivity contribution is 0.0690. The van der Waals surface area contributed by atoms with Crippen molar-refractivity contribution in [2.75, 3.05) is 6.61 Å². The van der Waals surface area contributed by atoms with Crippen LogP contribution in [0.25, 0.3) is 0 Å². The Morgan fingerprint density at radius 1 is 1.42 bits per heavy atom. The normalized spacial score (nSPS) is 14.3. The van der Waals surface area contributed by atoms with Crippen LogP contribution in [0.1, 0.15) is 37.0 Å². The van der Waals surface area contributed by atoms with Gasteiger partial charge in [-0.05, 0) is 51.0 Å². The predicted molar refractivity (Wildman–Crippen MR) is 76.5 cm³/mol. The molecule has 0 N–H and O–H groups in total. The highest BCUT2D eigenvalue weighted by atomic mass is 16.5. The zero-order valence-electron chi connectivity index (χ0n) is 11.6. The third-order valence-corrected chi connectivity index (χ3v) is 3.20. The molecule has 2 rings (SSSR count). The molecule has 3 heteroatoms. The maximum absolute atomic E-state index is 12.5. The molecule has 1 aromatic rings. The molecule has 1 saturated carbocycles. The van der Waals surface area contributed by atoms with E-state index in [-0.39, 0.29) is 11.9 Å². The molecule has 0 spiro atoms. The van der Waals surface area contributed by atoms with Crippen LogP contribution in [-0.2, 0) is 0 Å². The summed E-state index contributed by atoms with van der Waals surface area (Å²) in [4.78, 5) is 14.4. The van der Waals surface area contributed by atoms with E-state index < -0.39 is 0 Å². The molecule has 1 fully saturated rings. The van der Waals surface area contributed by atoms with Gasteiger partial charge in [0.15, 0.2) is 0 Å². The molecule has 1 amide bonds. The van der Waals surface area contributed by atoms with Gasteiger partial charge in [-0.25, -0.2) is 0 Å². The van der Waals surface area contributed by atoms with Crippen molar-refractivity contribution in [2.24, 2.45) is 0 Å². The molecule has 0 unspecified atom stereocenters. The van der Waals surface area contributed by atoms with Gasteiger partial charge in [0.1, 0.15) is 12.4 Å². The second-order valence-corrected chi connectivity index (χ2v) is 5.16. The van der Waals surface area contributed by atoms with Gasteiger partial charge >= 0.3 is 0 Å². The highest BCUT2D eigenvalue weighted by Crippen LogP contribution is 2.30. The van der Waals surface area contributed by atoms with E-state index in [0.29, 0.717) is 12.6 Å². The molecule has 19 heavy (non-hydrogen) atoms. The van der Waals surface area contributed by atoms with Crippen LogP contribution in [0.4, 0.5) is 0 Å². The molecule has 1 aliphatic rings. The molecule has 0 atom stereocenters. The number of carbonyl (C=O) groups excluding carboxylic acids is 1. The van der Waals surface area contributed by atoms with Gasteiger partial charge in [-0.3, -0.25) is 4.79 Å². The smallest absolute Gasteiger partial charge is 0.254 e. The molecule has 3 nitrogen and oxygen atoms in total. The number of carbonyl (C=O) groups is 1. The van der Waals surface area contributed by atoms with Gasteiger partial charge in [0.05, 0.1) is 0 Å². The first-order valence-electron chi connectivity index (χ1n) is 6.80. The molecule has 0 bridgehead atoms. The van der Waals surface area contributed by atoms with Crippen LogP contribution < -0.4 is 4.74 Å². The van der Waals surface area contributed by atoms with E-state index >= 15 is 0 Å². The van der Waals surface area contributed by atoms with Crippen molar-refractivity contribution in [3.63, 3.8) is 0 Å². The molecule has 1 aromatic carbocycles. The summed E-state index contributed by atoms with van der Waals surface area (Å²) in [5, 5.41) is 0. The largest absolute Gasteiger partial charge is 0.490 e. The number of amides is 1. The van der Waals surface area contributed by atoms with Gasteiger partial charge in [0.2, 0.25) is 0 Å². The van der Waals surface area contributed by atoms with E-state index in [4.69, 9.17) is 4.74 Å². The van der Waals surface area contributed by atoms with Crippen LogP contribution in [0.5, 0.6) is 5.75 Å². The van der Waals surface area contributed by atoms with Crippen molar-refractivity contribution in [1.29, 1.82) is 0 Å². The molecule has 0 saturated heterocycles. The fraction of sp³-hybridized carbons (Fsp3) is 0.438. The van der Waals surface area contributed by atoms with E-state index in [9.17, 15) is 4.79 Å². The van der Waals surface area contributed by atoms with Crippen LogP contribution in [0, 0.1) is 0 Å². The topological polar surface area (TPSA) is 29.5 Å². The molecular weight excluding hydrogens is 238 g/mol. The third-order valence-electron chi connectivity index (χ3n) is 3.20. The zero-order valence-corrected chi connectivity index (χ0v) is 11.6. The Morgan fingerprint density at radius 2 is 2.05 bits per heavy atom. The number of rotatable bonds is 6. The van der Waals surface area contributed by atoms with Crippen molar-refractivity contribution in [1.82, 2.24) is 4.90 Å². The Labute approximate surface area is 114 Å². The van der Waals surface area contributed by atoms with E-state index in [1.165, 1.54) is 0 Å². The first kappa shape index (κ1) is 13.7. The van der Waals surface area contributed by atoms with Crippen molar-refractivity contribution >= 4 is 5.91 Å². The number of benzene rings is 1. The Kier molecular flexibility index (Phi) is 4.25. The number of nitrogens with zero attached hydrogens (tertiary/aromatic N) is 1. The van der Waals surface area contributed by atoms with Crippen molar-refractivity contribution < 1.29 is 9.53 Å². The van der Waals surface area contributed by atoms with Crippen molar-refractivity contribution in [2.45, 2.75) is 38.8 Å². The lowest BCUT2D eigenvalue weighted by Gasteiger charge is -2.26. The SMILES string of the molecule is C=CCOc1ccc(C(=O)N(C(C)C)C2CC2)cc1. The van der Waals surface area contributed by atoms with Gasteiger partial charge in [0, 0.05) is 17.6 Å².